The van der Waals surface area contributed by atoms with Gasteiger partial charge in [-0.15, -0.1) is 0 Å². The number of hydrogen-bond acceptors (Lipinski definition) is 5. The molecule has 5 nitrogen and oxygen atoms in total. The zero-order valence-corrected chi connectivity index (χ0v) is 14.8. The highest BCUT2D eigenvalue weighted by atomic mass is 79.9. The summed E-state index contributed by atoms with van der Waals surface area (Å²) in [5.41, 5.74) is 0.560. The fourth-order valence-corrected chi connectivity index (χ4v) is 4.04. The van der Waals surface area contributed by atoms with Crippen molar-refractivity contribution in [2.24, 2.45) is 0 Å². The predicted octanol–water partition coefficient (Wildman–Crippen LogP) is 2.52. The van der Waals surface area contributed by atoms with Gasteiger partial charge >= 0.3 is 0 Å². The molecule has 0 spiro atoms. The first kappa shape index (κ1) is 16.9. The van der Waals surface area contributed by atoms with Crippen LogP contribution in [0.2, 0.25) is 0 Å². The molecule has 1 saturated carbocycles. The number of piperidine rings is 1. The van der Waals surface area contributed by atoms with E-state index in [9.17, 15) is 9.90 Å². The lowest BCUT2D eigenvalue weighted by molar-refractivity contribution is 0.102. The Kier molecular flexibility index (Phi) is 5.67. The third kappa shape index (κ3) is 4.11. The smallest absolute Gasteiger partial charge is 0.153 e. The molecular formula is C17H24BrN3O2. The van der Waals surface area contributed by atoms with Gasteiger partial charge in [-0.25, -0.2) is 4.98 Å². The predicted molar refractivity (Wildman–Crippen MR) is 94.0 cm³/mol. The highest BCUT2D eigenvalue weighted by Gasteiger charge is 2.31. The Morgan fingerprint density at radius 2 is 2.09 bits per heavy atom. The molecule has 1 aliphatic heterocycles. The number of rotatable bonds is 4. The van der Waals surface area contributed by atoms with Gasteiger partial charge in [-0.05, 0) is 41.3 Å². The molecule has 23 heavy (non-hydrogen) atoms. The number of aromatic nitrogens is 1. The molecule has 0 bridgehead atoms. The number of carbonyl (C=O) groups excluding carboxylic acids is 1. The topological polar surface area (TPSA) is 65.5 Å². The van der Waals surface area contributed by atoms with Crippen LogP contribution in [0.4, 0.5) is 5.82 Å². The molecule has 1 aromatic heterocycles. The van der Waals surface area contributed by atoms with Gasteiger partial charge in [0.2, 0.25) is 0 Å². The van der Waals surface area contributed by atoms with E-state index in [1.165, 1.54) is 32.1 Å². The molecule has 3 rings (SSSR count). The van der Waals surface area contributed by atoms with Gasteiger partial charge in [-0.3, -0.25) is 4.79 Å². The van der Waals surface area contributed by atoms with Crippen LogP contribution in [0.25, 0.3) is 0 Å². The zero-order valence-electron chi connectivity index (χ0n) is 13.2. The maximum atomic E-state index is 11.3. The van der Waals surface area contributed by atoms with E-state index in [2.05, 4.69) is 26.2 Å². The van der Waals surface area contributed by atoms with Crippen molar-refractivity contribution in [3.63, 3.8) is 0 Å². The van der Waals surface area contributed by atoms with Crippen LogP contribution in [-0.2, 0) is 0 Å². The van der Waals surface area contributed by atoms with Gasteiger partial charge in [0.05, 0.1) is 11.7 Å². The molecule has 0 amide bonds. The van der Waals surface area contributed by atoms with Crippen molar-refractivity contribution in [3.05, 3.63) is 22.3 Å². The minimum Gasteiger partial charge on any atom is -0.390 e. The summed E-state index contributed by atoms with van der Waals surface area (Å²) in [7, 11) is 0. The number of hydrogen-bond donors (Lipinski definition) is 2. The fraction of sp³-hybridized carbons (Fsp3) is 0.647. The minimum absolute atomic E-state index is 0.143. The first-order valence-electron chi connectivity index (χ1n) is 8.47. The minimum atomic E-state index is -0.435. The van der Waals surface area contributed by atoms with Gasteiger partial charge in [0.25, 0.3) is 0 Å². The number of nitrogens with one attached hydrogen (secondary N) is 1. The SMILES string of the molecule is O=Cc1cc(Br)cnc1N1CC[C@@H](NC2CCCCC2)[C@H](O)C1. The highest BCUT2D eigenvalue weighted by molar-refractivity contribution is 9.10. The monoisotopic (exact) mass is 381 g/mol. The highest BCUT2D eigenvalue weighted by Crippen LogP contribution is 2.25. The molecule has 0 aromatic carbocycles. The van der Waals surface area contributed by atoms with Gasteiger partial charge in [0.1, 0.15) is 5.82 Å². The largest absolute Gasteiger partial charge is 0.390 e. The van der Waals surface area contributed by atoms with Crippen molar-refractivity contribution in [3.8, 4) is 0 Å². The molecule has 0 radical (unpaired) electrons. The van der Waals surface area contributed by atoms with Gasteiger partial charge in [0, 0.05) is 35.8 Å². The Morgan fingerprint density at radius 1 is 1.30 bits per heavy atom. The van der Waals surface area contributed by atoms with E-state index in [1.54, 1.807) is 12.3 Å². The van der Waals surface area contributed by atoms with Crippen LogP contribution in [-0.4, -0.2) is 47.7 Å². The summed E-state index contributed by atoms with van der Waals surface area (Å²) >= 11 is 3.34. The lowest BCUT2D eigenvalue weighted by atomic mass is 9.92. The van der Waals surface area contributed by atoms with Gasteiger partial charge in [-0.1, -0.05) is 19.3 Å². The van der Waals surface area contributed by atoms with E-state index in [-0.39, 0.29) is 6.04 Å². The van der Waals surface area contributed by atoms with Crippen LogP contribution in [0.3, 0.4) is 0 Å². The first-order valence-corrected chi connectivity index (χ1v) is 9.26. The Balaban J connectivity index is 1.63. The lowest BCUT2D eigenvalue weighted by Gasteiger charge is -2.39. The van der Waals surface area contributed by atoms with Crippen molar-refractivity contribution in [2.45, 2.75) is 56.7 Å². The second-order valence-electron chi connectivity index (χ2n) is 6.59. The van der Waals surface area contributed by atoms with Crippen molar-refractivity contribution < 1.29 is 9.90 Å². The number of halogens is 1. The normalized spacial score (nSPS) is 26.3. The van der Waals surface area contributed by atoms with Crippen LogP contribution in [0.1, 0.15) is 48.9 Å². The molecule has 0 unspecified atom stereocenters. The zero-order chi connectivity index (χ0) is 16.2. The summed E-state index contributed by atoms with van der Waals surface area (Å²) in [4.78, 5) is 17.6. The Hall–Kier alpha value is -0.980. The summed E-state index contributed by atoms with van der Waals surface area (Å²) in [5, 5.41) is 14.2. The van der Waals surface area contributed by atoms with Gasteiger partial charge in [-0.2, -0.15) is 0 Å². The van der Waals surface area contributed by atoms with Crippen LogP contribution in [0.5, 0.6) is 0 Å². The van der Waals surface area contributed by atoms with Gasteiger partial charge in [0.15, 0.2) is 6.29 Å². The van der Waals surface area contributed by atoms with E-state index in [4.69, 9.17) is 0 Å². The quantitative estimate of drug-likeness (QED) is 0.784. The van der Waals surface area contributed by atoms with E-state index in [0.717, 1.165) is 23.7 Å². The summed E-state index contributed by atoms with van der Waals surface area (Å²) < 4.78 is 0.790. The molecule has 1 aromatic rings. The van der Waals surface area contributed by atoms with Crippen molar-refractivity contribution in [1.82, 2.24) is 10.3 Å². The number of aliphatic hydroxyl groups is 1. The van der Waals surface area contributed by atoms with Crippen LogP contribution < -0.4 is 10.2 Å². The second-order valence-corrected chi connectivity index (χ2v) is 7.51. The second kappa shape index (κ2) is 7.73. The number of nitrogens with zero attached hydrogens (tertiary/aromatic N) is 2. The third-order valence-electron chi connectivity index (χ3n) is 4.93. The maximum absolute atomic E-state index is 11.3. The Labute approximate surface area is 145 Å². The average molecular weight is 382 g/mol. The number of carbonyl (C=O) groups is 1. The maximum Gasteiger partial charge on any atom is 0.153 e. The molecule has 1 saturated heterocycles. The van der Waals surface area contributed by atoms with Crippen LogP contribution in [0, 0.1) is 0 Å². The summed E-state index contributed by atoms with van der Waals surface area (Å²) in [6, 6.07) is 2.46. The molecule has 2 fully saturated rings. The molecule has 2 aliphatic rings. The molecule has 1 aliphatic carbocycles. The molecule has 126 valence electrons. The number of β-amino-alcohol motifs (C(OH)–C–C–N with tert-alkyl or cyclic N) is 1. The Bertz CT molecular complexity index is 549. The third-order valence-corrected chi connectivity index (χ3v) is 5.36. The molecule has 2 atom stereocenters. The fourth-order valence-electron chi connectivity index (χ4n) is 3.69. The Morgan fingerprint density at radius 3 is 2.78 bits per heavy atom. The first-order chi connectivity index (χ1) is 11.2. The van der Waals surface area contributed by atoms with Crippen molar-refractivity contribution in [2.75, 3.05) is 18.0 Å². The van der Waals surface area contributed by atoms with Gasteiger partial charge < -0.3 is 15.3 Å². The number of anilines is 1. The number of aliphatic hydroxyl groups excluding tert-OH is 1. The van der Waals surface area contributed by atoms with Crippen molar-refractivity contribution >= 4 is 28.0 Å². The average Bonchev–Trinajstić information content (AvgIpc) is 2.57. The van der Waals surface area contributed by atoms with E-state index >= 15 is 0 Å². The standard InChI is InChI=1S/C17H24BrN3O2/c18-13-8-12(11-22)17(19-9-13)21-7-6-15(16(23)10-21)20-14-4-2-1-3-5-14/h8-9,11,14-16,20,23H,1-7,10H2/t15-,16-/m1/s1. The summed E-state index contributed by atoms with van der Waals surface area (Å²) in [6.07, 6.45) is 9.31. The molecule has 6 heteroatoms. The van der Waals surface area contributed by atoms with E-state index in [1.807, 2.05) is 4.90 Å². The summed E-state index contributed by atoms with van der Waals surface area (Å²) in [6.45, 7) is 1.32. The molecule has 2 N–H and O–H groups in total. The van der Waals surface area contributed by atoms with E-state index < -0.39 is 6.10 Å². The van der Waals surface area contributed by atoms with E-state index in [0.29, 0.717) is 24.0 Å². The van der Waals surface area contributed by atoms with Crippen LogP contribution in [0.15, 0.2) is 16.7 Å². The van der Waals surface area contributed by atoms with Crippen LogP contribution >= 0.6 is 15.9 Å². The lowest BCUT2D eigenvalue weighted by Crippen LogP contribution is -2.55. The number of aldehydes is 1. The molecular weight excluding hydrogens is 358 g/mol. The molecule has 2 heterocycles. The summed E-state index contributed by atoms with van der Waals surface area (Å²) in [5.74, 6) is 0.665. The van der Waals surface area contributed by atoms with Crippen molar-refractivity contribution in [1.29, 1.82) is 0 Å². The number of pyridine rings is 1.